The predicted octanol–water partition coefficient (Wildman–Crippen LogP) is 5.58. The van der Waals surface area contributed by atoms with Gasteiger partial charge in [-0.3, -0.25) is 9.72 Å². The summed E-state index contributed by atoms with van der Waals surface area (Å²) in [5.74, 6) is -1.04. The summed E-state index contributed by atoms with van der Waals surface area (Å²) in [4.78, 5) is 16.8. The Kier molecular flexibility index (Phi) is 4.67. The van der Waals surface area contributed by atoms with Gasteiger partial charge in [-0.15, -0.1) is 0 Å². The van der Waals surface area contributed by atoms with Crippen LogP contribution in [-0.4, -0.2) is 15.4 Å². The Bertz CT molecular complexity index is 1170. The van der Waals surface area contributed by atoms with E-state index in [1.54, 1.807) is 53.1 Å². The second-order valence-corrected chi connectivity index (χ2v) is 6.38. The molecule has 2 aromatic heterocycles. The summed E-state index contributed by atoms with van der Waals surface area (Å²) >= 11 is 5.84. The molecule has 4 rings (SSSR count). The van der Waals surface area contributed by atoms with Crippen molar-refractivity contribution < 1.29 is 13.6 Å². The summed E-state index contributed by atoms with van der Waals surface area (Å²) in [5, 5.41) is 5.87. The van der Waals surface area contributed by atoms with Crippen LogP contribution in [-0.2, 0) is 0 Å². The molecule has 140 valence electrons. The number of pyridine rings is 1. The number of anilines is 2. The van der Waals surface area contributed by atoms with E-state index in [1.165, 1.54) is 0 Å². The number of imidazole rings is 1. The molecular formula is C20H13ClF2N4O. The molecule has 5 nitrogen and oxygen atoms in total. The Morgan fingerprint density at radius 1 is 1.00 bits per heavy atom. The Balaban J connectivity index is 1.74. The Labute approximate surface area is 163 Å². The SMILES string of the molecule is O=C(Nc1ccc(Cl)cc1)Nc1c(-c2cc(F)ccc2F)nc2ccccn12. The number of hydrogen-bond acceptors (Lipinski definition) is 2. The first-order valence-corrected chi connectivity index (χ1v) is 8.65. The smallest absolute Gasteiger partial charge is 0.308 e. The molecule has 0 fully saturated rings. The number of aromatic nitrogens is 2. The summed E-state index contributed by atoms with van der Waals surface area (Å²) in [6.07, 6.45) is 1.67. The van der Waals surface area contributed by atoms with E-state index in [1.807, 2.05) is 0 Å². The summed E-state index contributed by atoms with van der Waals surface area (Å²) in [6.45, 7) is 0. The van der Waals surface area contributed by atoms with Crippen molar-refractivity contribution in [1.82, 2.24) is 9.38 Å². The number of fused-ring (bicyclic) bond motifs is 1. The highest BCUT2D eigenvalue weighted by atomic mass is 35.5. The van der Waals surface area contributed by atoms with Crippen LogP contribution >= 0.6 is 11.6 Å². The first-order valence-electron chi connectivity index (χ1n) is 8.27. The normalized spacial score (nSPS) is 10.8. The number of urea groups is 1. The van der Waals surface area contributed by atoms with Gasteiger partial charge in [0.25, 0.3) is 0 Å². The van der Waals surface area contributed by atoms with Crippen LogP contribution in [0, 0.1) is 11.6 Å². The number of carbonyl (C=O) groups is 1. The minimum absolute atomic E-state index is 0.0505. The molecule has 0 aliphatic rings. The third-order valence-electron chi connectivity index (χ3n) is 4.05. The number of hydrogen-bond donors (Lipinski definition) is 2. The van der Waals surface area contributed by atoms with Gasteiger partial charge in [-0.05, 0) is 54.6 Å². The maximum Gasteiger partial charge on any atom is 0.324 e. The maximum atomic E-state index is 14.3. The van der Waals surface area contributed by atoms with Gasteiger partial charge >= 0.3 is 6.03 Å². The molecule has 0 unspecified atom stereocenters. The molecule has 0 aliphatic carbocycles. The van der Waals surface area contributed by atoms with Crippen LogP contribution < -0.4 is 10.6 Å². The maximum absolute atomic E-state index is 14.3. The highest BCUT2D eigenvalue weighted by molar-refractivity contribution is 6.30. The van der Waals surface area contributed by atoms with Gasteiger partial charge in [0.15, 0.2) is 0 Å². The van der Waals surface area contributed by atoms with Gasteiger partial charge in [0.1, 0.15) is 28.8 Å². The van der Waals surface area contributed by atoms with Gasteiger partial charge in [0.2, 0.25) is 0 Å². The van der Waals surface area contributed by atoms with Gasteiger partial charge < -0.3 is 5.32 Å². The van der Waals surface area contributed by atoms with Gasteiger partial charge in [0.05, 0.1) is 0 Å². The lowest BCUT2D eigenvalue weighted by molar-refractivity contribution is 0.262. The van der Waals surface area contributed by atoms with Crippen molar-refractivity contribution in [2.45, 2.75) is 0 Å². The number of nitrogens with zero attached hydrogens (tertiary/aromatic N) is 2. The fourth-order valence-corrected chi connectivity index (χ4v) is 2.91. The highest BCUT2D eigenvalue weighted by Gasteiger charge is 2.19. The van der Waals surface area contributed by atoms with E-state index in [2.05, 4.69) is 15.6 Å². The molecule has 0 spiro atoms. The topological polar surface area (TPSA) is 58.4 Å². The van der Waals surface area contributed by atoms with Crippen LogP contribution in [0.4, 0.5) is 25.1 Å². The van der Waals surface area contributed by atoms with E-state index < -0.39 is 17.7 Å². The van der Waals surface area contributed by atoms with Crippen molar-refractivity contribution in [2.75, 3.05) is 10.6 Å². The predicted molar refractivity (Wildman–Crippen MR) is 105 cm³/mol. The molecule has 0 atom stereocenters. The number of benzene rings is 2. The van der Waals surface area contributed by atoms with Crippen LogP contribution in [0.2, 0.25) is 5.02 Å². The van der Waals surface area contributed by atoms with E-state index >= 15 is 0 Å². The quantitative estimate of drug-likeness (QED) is 0.473. The number of halogens is 3. The minimum atomic E-state index is -0.647. The molecule has 0 saturated heterocycles. The minimum Gasteiger partial charge on any atom is -0.308 e. The van der Waals surface area contributed by atoms with Crippen LogP contribution in [0.3, 0.4) is 0 Å². The largest absolute Gasteiger partial charge is 0.324 e. The molecular weight excluding hydrogens is 386 g/mol. The van der Waals surface area contributed by atoms with E-state index in [0.29, 0.717) is 16.4 Å². The average Bonchev–Trinajstić information content (AvgIpc) is 3.04. The lowest BCUT2D eigenvalue weighted by Crippen LogP contribution is -2.20. The third-order valence-corrected chi connectivity index (χ3v) is 4.30. The molecule has 4 aromatic rings. The second-order valence-electron chi connectivity index (χ2n) is 5.95. The van der Waals surface area contributed by atoms with Crippen LogP contribution in [0.25, 0.3) is 16.9 Å². The van der Waals surface area contributed by atoms with Gasteiger partial charge in [0, 0.05) is 22.5 Å². The molecule has 28 heavy (non-hydrogen) atoms. The van der Waals surface area contributed by atoms with E-state index in [9.17, 15) is 13.6 Å². The Morgan fingerprint density at radius 3 is 2.57 bits per heavy atom. The molecule has 0 radical (unpaired) electrons. The van der Waals surface area contributed by atoms with Crippen LogP contribution in [0.5, 0.6) is 0 Å². The summed E-state index contributed by atoms with van der Waals surface area (Å²) in [6, 6.07) is 14.3. The monoisotopic (exact) mass is 398 g/mol. The molecule has 2 aromatic carbocycles. The van der Waals surface area contributed by atoms with Crippen molar-refractivity contribution in [1.29, 1.82) is 0 Å². The number of carbonyl (C=O) groups excluding carboxylic acids is 1. The summed E-state index contributed by atoms with van der Waals surface area (Å²) in [5.41, 5.74) is 1.07. The molecule has 2 N–H and O–H groups in total. The van der Waals surface area contributed by atoms with Gasteiger partial charge in [-0.25, -0.2) is 18.6 Å². The summed E-state index contributed by atoms with van der Waals surface area (Å²) < 4.78 is 29.6. The molecule has 2 heterocycles. The second kappa shape index (κ2) is 7.28. The lowest BCUT2D eigenvalue weighted by atomic mass is 10.1. The zero-order chi connectivity index (χ0) is 19.7. The number of nitrogens with one attached hydrogen (secondary N) is 2. The number of rotatable bonds is 3. The standard InChI is InChI=1S/C20H13ClF2N4O/c21-12-4-7-14(8-5-12)24-20(28)26-19-18(15-11-13(22)6-9-16(15)23)25-17-3-1-2-10-27(17)19/h1-11H,(H2,24,26,28). The van der Waals surface area contributed by atoms with Crippen LogP contribution in [0.1, 0.15) is 0 Å². The van der Waals surface area contributed by atoms with E-state index in [0.717, 1.165) is 18.2 Å². The first-order chi connectivity index (χ1) is 13.5. The molecule has 8 heteroatoms. The molecule has 0 saturated carbocycles. The zero-order valence-corrected chi connectivity index (χ0v) is 15.0. The van der Waals surface area contributed by atoms with E-state index in [4.69, 9.17) is 11.6 Å². The Hall–Kier alpha value is -3.45. The average molecular weight is 399 g/mol. The van der Waals surface area contributed by atoms with Crippen molar-refractivity contribution >= 4 is 34.8 Å². The first kappa shape index (κ1) is 17.9. The third kappa shape index (κ3) is 3.52. The van der Waals surface area contributed by atoms with Gasteiger partial charge in [-0.1, -0.05) is 17.7 Å². The van der Waals surface area contributed by atoms with Crippen molar-refractivity contribution in [3.8, 4) is 11.3 Å². The van der Waals surface area contributed by atoms with E-state index in [-0.39, 0.29) is 17.1 Å². The van der Waals surface area contributed by atoms with Gasteiger partial charge in [-0.2, -0.15) is 0 Å². The zero-order valence-electron chi connectivity index (χ0n) is 14.3. The fraction of sp³-hybridized carbons (Fsp3) is 0. The molecule has 2 amide bonds. The molecule has 0 bridgehead atoms. The van der Waals surface area contributed by atoms with Crippen LogP contribution in [0.15, 0.2) is 66.9 Å². The highest BCUT2D eigenvalue weighted by Crippen LogP contribution is 2.31. The van der Waals surface area contributed by atoms with Crippen molar-refractivity contribution in [2.24, 2.45) is 0 Å². The van der Waals surface area contributed by atoms with Crippen molar-refractivity contribution in [3.05, 3.63) is 83.5 Å². The number of amides is 2. The lowest BCUT2D eigenvalue weighted by Gasteiger charge is -2.10. The fourth-order valence-electron chi connectivity index (χ4n) is 2.79. The van der Waals surface area contributed by atoms with Crippen molar-refractivity contribution in [3.63, 3.8) is 0 Å². The Morgan fingerprint density at radius 2 is 1.79 bits per heavy atom. The molecule has 0 aliphatic heterocycles. The summed E-state index contributed by atoms with van der Waals surface area (Å²) in [7, 11) is 0.